The fourth-order valence-electron chi connectivity index (χ4n) is 2.87. The third-order valence-corrected chi connectivity index (χ3v) is 4.06. The van der Waals surface area contributed by atoms with Gasteiger partial charge in [0.1, 0.15) is 12.4 Å². The Morgan fingerprint density at radius 2 is 1.71 bits per heavy atom. The average molecular weight is 388 g/mol. The summed E-state index contributed by atoms with van der Waals surface area (Å²) in [6.07, 6.45) is 1.39. The standard InChI is InChI=1S/C22H19F3O3/c1-3-11-27-21-19(28-22(24)25)13-16-12-15(7-10-18(16)20(21)23)14-5-8-17(9-6-14)26-4-2/h3,5-10,12-13,22H,1,4,11H2,2H3. The molecule has 0 fully saturated rings. The van der Waals surface area contributed by atoms with Crippen molar-refractivity contribution in [3.63, 3.8) is 0 Å². The van der Waals surface area contributed by atoms with Crippen molar-refractivity contribution in [2.45, 2.75) is 13.5 Å². The molecule has 3 aromatic carbocycles. The number of halogens is 3. The van der Waals surface area contributed by atoms with Gasteiger partial charge in [0.15, 0.2) is 17.3 Å². The van der Waals surface area contributed by atoms with Crippen LogP contribution in [0.3, 0.4) is 0 Å². The van der Waals surface area contributed by atoms with Crippen molar-refractivity contribution < 1.29 is 27.4 Å². The first-order valence-corrected chi connectivity index (χ1v) is 8.71. The summed E-state index contributed by atoms with van der Waals surface area (Å²) < 4.78 is 55.5. The van der Waals surface area contributed by atoms with Crippen LogP contribution in [0, 0.1) is 5.82 Å². The lowest BCUT2D eigenvalue weighted by Gasteiger charge is -2.15. The molecule has 0 heterocycles. The predicted octanol–water partition coefficient (Wildman–Crippen LogP) is 6.21. The molecule has 0 amide bonds. The van der Waals surface area contributed by atoms with Crippen LogP contribution in [0.1, 0.15) is 6.92 Å². The number of rotatable bonds is 8. The number of hydrogen-bond donors (Lipinski definition) is 0. The Hall–Kier alpha value is -3.15. The number of ether oxygens (including phenoxy) is 3. The molecule has 0 saturated carbocycles. The van der Waals surface area contributed by atoms with Gasteiger partial charge in [-0.1, -0.05) is 36.9 Å². The summed E-state index contributed by atoms with van der Waals surface area (Å²) in [4.78, 5) is 0. The van der Waals surface area contributed by atoms with Crippen molar-refractivity contribution in [3.05, 3.63) is 67.0 Å². The minimum Gasteiger partial charge on any atom is -0.494 e. The third kappa shape index (κ3) is 4.22. The molecule has 0 radical (unpaired) electrons. The van der Waals surface area contributed by atoms with Gasteiger partial charge in [0.05, 0.1) is 6.61 Å². The van der Waals surface area contributed by atoms with Crippen LogP contribution in [0.25, 0.3) is 21.9 Å². The first-order chi connectivity index (χ1) is 13.5. The van der Waals surface area contributed by atoms with Crippen LogP contribution in [0.5, 0.6) is 17.2 Å². The van der Waals surface area contributed by atoms with Crippen LogP contribution in [0.15, 0.2) is 61.2 Å². The van der Waals surface area contributed by atoms with Crippen LogP contribution in [0.2, 0.25) is 0 Å². The van der Waals surface area contributed by atoms with Gasteiger partial charge in [0.25, 0.3) is 0 Å². The van der Waals surface area contributed by atoms with E-state index in [0.717, 1.165) is 16.9 Å². The van der Waals surface area contributed by atoms with Gasteiger partial charge < -0.3 is 14.2 Å². The monoisotopic (exact) mass is 388 g/mol. The Morgan fingerprint density at radius 1 is 1.00 bits per heavy atom. The van der Waals surface area contributed by atoms with E-state index >= 15 is 0 Å². The highest BCUT2D eigenvalue weighted by Crippen LogP contribution is 2.39. The van der Waals surface area contributed by atoms with Gasteiger partial charge in [-0.2, -0.15) is 8.78 Å². The second-order valence-electron chi connectivity index (χ2n) is 5.89. The highest BCUT2D eigenvalue weighted by atomic mass is 19.3. The maximum Gasteiger partial charge on any atom is 0.387 e. The molecule has 0 N–H and O–H groups in total. The molecule has 3 rings (SSSR count). The maximum absolute atomic E-state index is 14.9. The topological polar surface area (TPSA) is 27.7 Å². The fraction of sp³-hybridized carbons (Fsp3) is 0.182. The van der Waals surface area contributed by atoms with Crippen LogP contribution < -0.4 is 14.2 Å². The zero-order valence-corrected chi connectivity index (χ0v) is 15.3. The van der Waals surface area contributed by atoms with E-state index in [1.54, 1.807) is 18.2 Å². The minimum absolute atomic E-state index is 0.0354. The Bertz CT molecular complexity index is 969. The minimum atomic E-state index is -3.10. The zero-order valence-electron chi connectivity index (χ0n) is 15.3. The smallest absolute Gasteiger partial charge is 0.387 e. The zero-order chi connectivity index (χ0) is 20.1. The van der Waals surface area contributed by atoms with E-state index in [0.29, 0.717) is 12.0 Å². The Balaban J connectivity index is 2.06. The molecule has 0 aliphatic carbocycles. The van der Waals surface area contributed by atoms with E-state index in [-0.39, 0.29) is 23.5 Å². The summed E-state index contributed by atoms with van der Waals surface area (Å²) in [5, 5.41) is 0.667. The van der Waals surface area contributed by atoms with Crippen molar-refractivity contribution >= 4 is 10.8 Å². The van der Waals surface area contributed by atoms with Crippen molar-refractivity contribution in [1.29, 1.82) is 0 Å². The van der Waals surface area contributed by atoms with Crippen molar-refractivity contribution in [3.8, 4) is 28.4 Å². The quantitative estimate of drug-likeness (QED) is 0.429. The summed E-state index contributed by atoms with van der Waals surface area (Å²) >= 11 is 0. The van der Waals surface area contributed by atoms with Crippen molar-refractivity contribution in [1.82, 2.24) is 0 Å². The van der Waals surface area contributed by atoms with E-state index in [4.69, 9.17) is 9.47 Å². The SMILES string of the molecule is C=CCOc1c(OC(F)F)cc2cc(-c3ccc(OCC)cc3)ccc2c1F. The second-order valence-corrected chi connectivity index (χ2v) is 5.89. The molecule has 0 spiro atoms. The van der Waals surface area contributed by atoms with E-state index in [1.807, 2.05) is 31.2 Å². The maximum atomic E-state index is 14.9. The Labute approximate surface area is 161 Å². The van der Waals surface area contributed by atoms with Crippen LogP contribution >= 0.6 is 0 Å². The van der Waals surface area contributed by atoms with E-state index in [1.165, 1.54) is 12.1 Å². The average Bonchev–Trinajstić information content (AvgIpc) is 2.68. The highest BCUT2D eigenvalue weighted by Gasteiger charge is 2.19. The number of hydrogen-bond acceptors (Lipinski definition) is 3. The molecule has 28 heavy (non-hydrogen) atoms. The molecule has 0 aliphatic rings. The molecule has 0 unspecified atom stereocenters. The molecule has 0 bridgehead atoms. The predicted molar refractivity (Wildman–Crippen MR) is 103 cm³/mol. The van der Waals surface area contributed by atoms with Gasteiger partial charge in [-0.05, 0) is 47.7 Å². The summed E-state index contributed by atoms with van der Waals surface area (Å²) in [6.45, 7) is 2.81. The molecule has 0 aromatic heterocycles. The summed E-state index contributed by atoms with van der Waals surface area (Å²) in [7, 11) is 0. The molecular weight excluding hydrogens is 369 g/mol. The molecule has 0 atom stereocenters. The van der Waals surface area contributed by atoms with Crippen molar-refractivity contribution in [2.75, 3.05) is 13.2 Å². The molecule has 6 heteroatoms. The first-order valence-electron chi connectivity index (χ1n) is 8.71. The number of benzene rings is 3. The molecule has 146 valence electrons. The van der Waals surface area contributed by atoms with Gasteiger partial charge in [0.2, 0.25) is 0 Å². The number of fused-ring (bicyclic) bond motifs is 1. The van der Waals surface area contributed by atoms with Gasteiger partial charge in [-0.3, -0.25) is 0 Å². The summed E-state index contributed by atoms with van der Waals surface area (Å²) in [5.74, 6) is -0.727. The lowest BCUT2D eigenvalue weighted by molar-refractivity contribution is -0.0515. The number of alkyl halides is 2. The van der Waals surface area contributed by atoms with Gasteiger partial charge in [-0.15, -0.1) is 0 Å². The van der Waals surface area contributed by atoms with E-state index in [2.05, 4.69) is 11.3 Å². The summed E-state index contributed by atoms with van der Waals surface area (Å²) in [6, 6.07) is 13.8. The van der Waals surface area contributed by atoms with Crippen LogP contribution in [-0.2, 0) is 0 Å². The van der Waals surface area contributed by atoms with Crippen LogP contribution in [-0.4, -0.2) is 19.8 Å². The molecule has 3 nitrogen and oxygen atoms in total. The molecule has 3 aromatic rings. The van der Waals surface area contributed by atoms with Crippen molar-refractivity contribution in [2.24, 2.45) is 0 Å². The lowest BCUT2D eigenvalue weighted by atomic mass is 10.0. The molecule has 0 saturated heterocycles. The van der Waals surface area contributed by atoms with E-state index in [9.17, 15) is 13.2 Å². The first kappa shape index (κ1) is 19.6. The second kappa shape index (κ2) is 8.69. The van der Waals surface area contributed by atoms with Gasteiger partial charge >= 0.3 is 6.61 Å². The van der Waals surface area contributed by atoms with E-state index < -0.39 is 12.4 Å². The Morgan fingerprint density at radius 3 is 2.36 bits per heavy atom. The summed E-state index contributed by atoms with van der Waals surface area (Å²) in [5.41, 5.74) is 1.69. The largest absolute Gasteiger partial charge is 0.494 e. The molecular formula is C22H19F3O3. The van der Waals surface area contributed by atoms with Gasteiger partial charge in [0, 0.05) is 5.39 Å². The van der Waals surface area contributed by atoms with Crippen LogP contribution in [0.4, 0.5) is 13.2 Å². The lowest BCUT2D eigenvalue weighted by Crippen LogP contribution is -2.06. The fourth-order valence-corrected chi connectivity index (χ4v) is 2.87. The third-order valence-electron chi connectivity index (χ3n) is 4.06. The van der Waals surface area contributed by atoms with Gasteiger partial charge in [-0.25, -0.2) is 4.39 Å². The molecule has 0 aliphatic heterocycles. The Kier molecular flexibility index (Phi) is 6.09. The normalized spacial score (nSPS) is 10.9. The highest BCUT2D eigenvalue weighted by molar-refractivity contribution is 5.90.